The van der Waals surface area contributed by atoms with Gasteiger partial charge in [-0.1, -0.05) is 13.0 Å². The number of ether oxygens (including phenoxy) is 1. The molecule has 1 aromatic carbocycles. The number of carbonyl (C=O) groups excluding carboxylic acids is 1. The Kier molecular flexibility index (Phi) is 8.38. The molecule has 2 aromatic heterocycles. The van der Waals surface area contributed by atoms with Crippen LogP contribution in [-0.2, 0) is 12.8 Å². The normalized spacial score (nSPS) is 13.8. The molecule has 1 atom stereocenters. The molecule has 1 aliphatic heterocycles. The van der Waals surface area contributed by atoms with Crippen LogP contribution < -0.4 is 4.74 Å². The van der Waals surface area contributed by atoms with Crippen molar-refractivity contribution in [2.45, 2.75) is 46.6 Å². The van der Waals surface area contributed by atoms with Gasteiger partial charge in [0.1, 0.15) is 17.4 Å². The lowest BCUT2D eigenvalue weighted by Gasteiger charge is -2.35. The summed E-state index contributed by atoms with van der Waals surface area (Å²) in [5, 5.41) is 9.39. The molecule has 0 unspecified atom stereocenters. The summed E-state index contributed by atoms with van der Waals surface area (Å²) in [6, 6.07) is 10.8. The highest BCUT2D eigenvalue weighted by Crippen LogP contribution is 2.36. The lowest BCUT2D eigenvalue weighted by molar-refractivity contribution is 0.0669. The minimum absolute atomic E-state index is 0.0671. The molecule has 0 saturated carbocycles. The smallest absolute Gasteiger partial charge is 0.254 e. The van der Waals surface area contributed by atoms with E-state index in [4.69, 9.17) is 4.74 Å². The number of hydrogen-bond acceptors (Lipinski definition) is 6. The first-order valence-electron chi connectivity index (χ1n) is 13.1. The van der Waals surface area contributed by atoms with Crippen molar-refractivity contribution in [2.24, 2.45) is 0 Å². The maximum absolute atomic E-state index is 14.0. The van der Waals surface area contributed by atoms with Gasteiger partial charge in [0.2, 0.25) is 5.95 Å². The number of carbonyl (C=O) groups is 1. The molecule has 0 bridgehead atoms. The van der Waals surface area contributed by atoms with E-state index >= 15 is 0 Å². The average Bonchev–Trinajstić information content (AvgIpc) is 2.91. The van der Waals surface area contributed by atoms with Crippen molar-refractivity contribution in [3.05, 3.63) is 76.1 Å². The van der Waals surface area contributed by atoms with Crippen LogP contribution in [0.2, 0.25) is 0 Å². The maximum Gasteiger partial charge on any atom is 0.254 e. The third-order valence-corrected chi connectivity index (χ3v) is 7.27. The molecule has 0 saturated heterocycles. The van der Waals surface area contributed by atoms with Gasteiger partial charge in [-0.2, -0.15) is 9.65 Å². The summed E-state index contributed by atoms with van der Waals surface area (Å²) in [5.41, 5.74) is 6.11. The topological polar surface area (TPSA) is 82.3 Å². The molecule has 3 heterocycles. The summed E-state index contributed by atoms with van der Waals surface area (Å²) in [5.74, 6) is -0.110. The summed E-state index contributed by atoms with van der Waals surface area (Å²) in [6.45, 7) is 10.5. The first kappa shape index (κ1) is 27.2. The third kappa shape index (κ3) is 5.53. The molecule has 0 N–H and O–H groups in total. The number of aromatic nitrogens is 2. The zero-order valence-electron chi connectivity index (χ0n) is 22.7. The van der Waals surface area contributed by atoms with Crippen LogP contribution in [0.1, 0.15) is 65.2 Å². The van der Waals surface area contributed by atoms with Gasteiger partial charge in [-0.05, 0) is 82.1 Å². The van der Waals surface area contributed by atoms with Crippen LogP contribution in [0, 0.1) is 24.2 Å². The maximum atomic E-state index is 14.0. The first-order valence-corrected chi connectivity index (χ1v) is 13.1. The highest BCUT2D eigenvalue weighted by molar-refractivity contribution is 5.99. The Morgan fingerprint density at radius 2 is 1.97 bits per heavy atom. The number of nitrogens with zero attached hydrogens (tertiary/aromatic N) is 5. The van der Waals surface area contributed by atoms with Gasteiger partial charge in [0, 0.05) is 42.2 Å². The van der Waals surface area contributed by atoms with E-state index in [1.165, 1.54) is 12.3 Å². The number of amides is 1. The van der Waals surface area contributed by atoms with Gasteiger partial charge in [-0.3, -0.25) is 9.78 Å². The second kappa shape index (κ2) is 11.7. The minimum Gasteiger partial charge on any atom is -0.492 e. The molecule has 3 aromatic rings. The van der Waals surface area contributed by atoms with Gasteiger partial charge in [0.25, 0.3) is 5.91 Å². The summed E-state index contributed by atoms with van der Waals surface area (Å²) < 4.78 is 19.4. The van der Waals surface area contributed by atoms with E-state index in [1.54, 1.807) is 19.1 Å². The Labute approximate surface area is 223 Å². The van der Waals surface area contributed by atoms with Gasteiger partial charge >= 0.3 is 0 Å². The highest BCUT2D eigenvalue weighted by atomic mass is 19.1. The van der Waals surface area contributed by atoms with E-state index in [0.29, 0.717) is 47.8 Å². The van der Waals surface area contributed by atoms with Crippen LogP contribution in [0.4, 0.5) is 4.39 Å². The second-order valence-electron chi connectivity index (χ2n) is 9.66. The minimum atomic E-state index is -0.516. The van der Waals surface area contributed by atoms with Crippen molar-refractivity contribution in [1.82, 2.24) is 19.8 Å². The summed E-state index contributed by atoms with van der Waals surface area (Å²) >= 11 is 0. The molecule has 38 heavy (non-hydrogen) atoms. The Morgan fingerprint density at radius 1 is 1.21 bits per heavy atom. The molecular weight excluding hydrogens is 481 g/mol. The first-order chi connectivity index (χ1) is 18.3. The number of benzene rings is 1. The van der Waals surface area contributed by atoms with Crippen LogP contribution in [0.3, 0.4) is 0 Å². The zero-order chi connectivity index (χ0) is 27.4. The Hall–Kier alpha value is -3.83. The number of aryl methyl sites for hydroxylation is 1. The fraction of sp³-hybridized carbons (Fsp3) is 0.400. The molecule has 0 radical (unpaired) electrons. The fourth-order valence-corrected chi connectivity index (χ4v) is 4.93. The van der Waals surface area contributed by atoms with E-state index in [2.05, 4.69) is 41.0 Å². The lowest BCUT2D eigenvalue weighted by atomic mass is 9.86. The fourth-order valence-electron chi connectivity index (χ4n) is 4.93. The van der Waals surface area contributed by atoms with Crippen LogP contribution in [0.25, 0.3) is 11.1 Å². The van der Waals surface area contributed by atoms with Crippen molar-refractivity contribution in [1.29, 1.82) is 5.26 Å². The van der Waals surface area contributed by atoms with Gasteiger partial charge in [0.15, 0.2) is 0 Å². The van der Waals surface area contributed by atoms with E-state index in [1.807, 2.05) is 24.8 Å². The van der Waals surface area contributed by atoms with E-state index in [0.717, 1.165) is 41.8 Å². The zero-order valence-corrected chi connectivity index (χ0v) is 22.7. The monoisotopic (exact) mass is 515 g/mol. The molecule has 7 nitrogen and oxygen atoms in total. The number of pyridine rings is 2. The van der Waals surface area contributed by atoms with E-state index in [9.17, 15) is 14.4 Å². The Morgan fingerprint density at radius 3 is 2.66 bits per heavy atom. The van der Waals surface area contributed by atoms with Crippen LogP contribution in [-0.4, -0.2) is 59.0 Å². The van der Waals surface area contributed by atoms with Gasteiger partial charge in [0.05, 0.1) is 18.3 Å². The SMILES string of the molecule is CCOc1cc([C@H](C)N2CCc3c(cc(CCN(C)CC)cc3-c3ccc(F)nc3C)C2=O)ncc1C#N. The van der Waals surface area contributed by atoms with Gasteiger partial charge in [-0.15, -0.1) is 0 Å². The third-order valence-electron chi connectivity index (χ3n) is 7.27. The Bertz CT molecular complexity index is 1380. The van der Waals surface area contributed by atoms with Crippen molar-refractivity contribution in [2.75, 3.05) is 33.3 Å². The van der Waals surface area contributed by atoms with E-state index in [-0.39, 0.29) is 11.9 Å². The molecule has 1 aliphatic rings. The predicted molar refractivity (Wildman–Crippen MR) is 145 cm³/mol. The summed E-state index contributed by atoms with van der Waals surface area (Å²) in [7, 11) is 2.07. The quantitative estimate of drug-likeness (QED) is 0.368. The lowest BCUT2D eigenvalue weighted by Crippen LogP contribution is -2.40. The van der Waals surface area contributed by atoms with E-state index < -0.39 is 5.95 Å². The number of halogens is 1. The second-order valence-corrected chi connectivity index (χ2v) is 9.66. The Balaban J connectivity index is 1.74. The molecular formula is C30H34FN5O2. The predicted octanol–water partition coefficient (Wildman–Crippen LogP) is 5.12. The van der Waals surface area contributed by atoms with Crippen molar-refractivity contribution in [3.8, 4) is 22.9 Å². The summed E-state index contributed by atoms with van der Waals surface area (Å²) in [4.78, 5) is 26.5. The number of rotatable bonds is 9. The van der Waals surface area contributed by atoms with Crippen LogP contribution in [0.5, 0.6) is 5.75 Å². The van der Waals surface area contributed by atoms with Gasteiger partial charge in [-0.25, -0.2) is 4.98 Å². The number of hydrogen-bond donors (Lipinski definition) is 0. The van der Waals surface area contributed by atoms with Crippen molar-refractivity contribution >= 4 is 5.91 Å². The molecule has 8 heteroatoms. The molecule has 4 rings (SSSR count). The standard InChI is InChI=1S/C30H34FN5O2/c1-6-35(5)12-10-21-14-25(23-8-9-29(31)34-19(23)3)24-11-13-36(30(37)26(24)15-21)20(4)27-16-28(38-7-2)22(17-32)18-33-27/h8-9,14-16,18,20H,6-7,10-13H2,1-5H3/t20-/m0/s1. The summed E-state index contributed by atoms with van der Waals surface area (Å²) in [6.07, 6.45) is 2.95. The van der Waals surface area contributed by atoms with Crippen LogP contribution >= 0.6 is 0 Å². The largest absolute Gasteiger partial charge is 0.492 e. The van der Waals surface area contributed by atoms with Crippen molar-refractivity contribution in [3.63, 3.8) is 0 Å². The molecule has 0 spiro atoms. The van der Waals surface area contributed by atoms with Crippen LogP contribution in [0.15, 0.2) is 36.5 Å². The molecule has 0 aliphatic carbocycles. The average molecular weight is 516 g/mol. The number of nitriles is 1. The van der Waals surface area contributed by atoms with Crippen molar-refractivity contribution < 1.29 is 13.9 Å². The molecule has 198 valence electrons. The van der Waals surface area contributed by atoms with Gasteiger partial charge < -0.3 is 14.5 Å². The number of fused-ring (bicyclic) bond motifs is 1. The number of likely N-dealkylation sites (N-methyl/N-ethyl adjacent to an activating group) is 1. The highest BCUT2D eigenvalue weighted by Gasteiger charge is 2.32. The molecule has 0 fully saturated rings. The molecule has 1 amide bonds.